The summed E-state index contributed by atoms with van der Waals surface area (Å²) in [5, 5.41) is 2.67. The molecule has 7 heteroatoms. The van der Waals surface area contributed by atoms with Gasteiger partial charge in [-0.2, -0.15) is 0 Å². The second-order valence-electron chi connectivity index (χ2n) is 5.60. The molecule has 0 bridgehead atoms. The highest BCUT2D eigenvalue weighted by molar-refractivity contribution is 6.27. The summed E-state index contributed by atoms with van der Waals surface area (Å²) in [6.45, 7) is -0.110. The van der Waals surface area contributed by atoms with Gasteiger partial charge in [0.1, 0.15) is 24.0 Å². The molecule has 0 spiro atoms. The zero-order valence-corrected chi connectivity index (χ0v) is 12.8. The molecule has 0 aliphatic carbocycles. The Morgan fingerprint density at radius 3 is 2.60 bits per heavy atom. The molecule has 25 heavy (non-hydrogen) atoms. The lowest BCUT2D eigenvalue weighted by Crippen LogP contribution is -2.25. The van der Waals surface area contributed by atoms with Gasteiger partial charge >= 0.3 is 5.97 Å². The van der Waals surface area contributed by atoms with Crippen LogP contribution in [0.4, 0.5) is 14.5 Å². The minimum Gasteiger partial charge on any atom is -0.482 e. The fourth-order valence-electron chi connectivity index (χ4n) is 2.87. The van der Waals surface area contributed by atoms with Crippen molar-refractivity contribution in [3.8, 4) is 5.75 Å². The highest BCUT2D eigenvalue weighted by Crippen LogP contribution is 2.37. The highest BCUT2D eigenvalue weighted by Gasteiger charge is 2.30. The zero-order valence-electron chi connectivity index (χ0n) is 12.8. The number of nitrogens with one attached hydrogen (secondary N) is 1. The van der Waals surface area contributed by atoms with Crippen molar-refractivity contribution < 1.29 is 27.8 Å². The van der Waals surface area contributed by atoms with Crippen molar-refractivity contribution in [1.82, 2.24) is 0 Å². The quantitative estimate of drug-likeness (QED) is 0.852. The number of halogens is 2. The normalized spacial score (nSPS) is 16.2. The number of ether oxygens (including phenoxy) is 2. The van der Waals surface area contributed by atoms with Crippen molar-refractivity contribution in [3.63, 3.8) is 0 Å². The van der Waals surface area contributed by atoms with E-state index >= 15 is 0 Å². The molecule has 5 nitrogen and oxygen atoms in total. The Morgan fingerprint density at radius 2 is 1.80 bits per heavy atom. The van der Waals surface area contributed by atoms with Crippen molar-refractivity contribution in [3.05, 3.63) is 59.2 Å². The highest BCUT2D eigenvalue weighted by atomic mass is 19.1. The number of carbonyl (C=O) groups excluding carboxylic acids is 2. The fraction of sp³-hybridized carbons (Fsp3) is 0.111. The third-order valence-corrected chi connectivity index (χ3v) is 4.01. The molecule has 0 radical (unpaired) electrons. The van der Waals surface area contributed by atoms with E-state index < -0.39 is 17.6 Å². The summed E-state index contributed by atoms with van der Waals surface area (Å²) >= 11 is 0. The summed E-state index contributed by atoms with van der Waals surface area (Å²) in [5.41, 5.74) is 1.50. The summed E-state index contributed by atoms with van der Waals surface area (Å²) in [7, 11) is 0. The number of cyclic esters (lactones) is 1. The van der Waals surface area contributed by atoms with E-state index in [1.807, 2.05) is 0 Å². The molecule has 2 aliphatic rings. The number of carbonyl (C=O) groups is 2. The summed E-state index contributed by atoms with van der Waals surface area (Å²) < 4.78 is 37.6. The van der Waals surface area contributed by atoms with Crippen LogP contribution in [0, 0.1) is 11.6 Å². The second kappa shape index (κ2) is 5.70. The van der Waals surface area contributed by atoms with Crippen molar-refractivity contribution in [2.75, 3.05) is 18.5 Å². The number of anilines is 1. The van der Waals surface area contributed by atoms with Crippen LogP contribution in [0.25, 0.3) is 11.1 Å². The van der Waals surface area contributed by atoms with E-state index in [1.165, 1.54) is 6.07 Å². The molecule has 2 aliphatic heterocycles. The minimum atomic E-state index is -0.846. The Labute approximate surface area is 140 Å². The minimum absolute atomic E-state index is 0.0306. The molecule has 4 rings (SSSR count). The standard InChI is InChI=1S/C18H11F2NO4/c19-10-2-3-11(13(20)6-10)17-12(7-25-18(17)23)9-1-4-15-14(5-9)21-16(22)8-24-15/h1-6H,7-8H2,(H,21,22). The van der Waals surface area contributed by atoms with E-state index in [9.17, 15) is 18.4 Å². The number of amides is 1. The number of hydrogen-bond donors (Lipinski definition) is 1. The number of fused-ring (bicyclic) bond motifs is 1. The van der Waals surface area contributed by atoms with Crippen LogP contribution in [0.2, 0.25) is 0 Å². The van der Waals surface area contributed by atoms with E-state index in [0.29, 0.717) is 28.6 Å². The molecular weight excluding hydrogens is 332 g/mol. The lowest BCUT2D eigenvalue weighted by molar-refractivity contribution is -0.133. The lowest BCUT2D eigenvalue weighted by atomic mass is 9.95. The number of hydrogen-bond acceptors (Lipinski definition) is 4. The maximum absolute atomic E-state index is 14.1. The maximum Gasteiger partial charge on any atom is 0.339 e. The molecule has 0 saturated heterocycles. The van der Waals surface area contributed by atoms with Crippen LogP contribution in [-0.2, 0) is 14.3 Å². The first-order valence-electron chi connectivity index (χ1n) is 7.45. The Kier molecular flexibility index (Phi) is 3.49. The lowest BCUT2D eigenvalue weighted by Gasteiger charge is -2.18. The van der Waals surface area contributed by atoms with Gasteiger partial charge in [0.15, 0.2) is 6.61 Å². The Balaban J connectivity index is 1.85. The van der Waals surface area contributed by atoms with Crippen LogP contribution < -0.4 is 10.1 Å². The van der Waals surface area contributed by atoms with Gasteiger partial charge in [0.2, 0.25) is 0 Å². The molecular formula is C18H11F2NO4. The first kappa shape index (κ1) is 15.3. The van der Waals surface area contributed by atoms with Crippen LogP contribution in [0.15, 0.2) is 36.4 Å². The topological polar surface area (TPSA) is 64.6 Å². The Hall–Kier alpha value is -3.22. The van der Waals surface area contributed by atoms with Gasteiger partial charge in [-0.15, -0.1) is 0 Å². The van der Waals surface area contributed by atoms with Crippen molar-refractivity contribution in [1.29, 1.82) is 0 Å². The van der Waals surface area contributed by atoms with Crippen LogP contribution in [0.3, 0.4) is 0 Å². The molecule has 0 saturated carbocycles. The van der Waals surface area contributed by atoms with Crippen LogP contribution in [0.1, 0.15) is 11.1 Å². The van der Waals surface area contributed by atoms with E-state index in [1.54, 1.807) is 18.2 Å². The Bertz CT molecular complexity index is 952. The summed E-state index contributed by atoms with van der Waals surface area (Å²) in [5.74, 6) is -2.05. The largest absolute Gasteiger partial charge is 0.482 e. The Morgan fingerprint density at radius 1 is 0.960 bits per heavy atom. The van der Waals surface area contributed by atoms with Gasteiger partial charge in [-0.25, -0.2) is 13.6 Å². The fourth-order valence-corrected chi connectivity index (χ4v) is 2.87. The molecule has 1 N–H and O–H groups in total. The van der Waals surface area contributed by atoms with Gasteiger partial charge in [-0.3, -0.25) is 4.79 Å². The van der Waals surface area contributed by atoms with Gasteiger partial charge in [0, 0.05) is 17.2 Å². The molecule has 126 valence electrons. The average Bonchev–Trinajstić information content (AvgIpc) is 2.96. The molecule has 2 aromatic rings. The predicted molar refractivity (Wildman–Crippen MR) is 84.7 cm³/mol. The summed E-state index contributed by atoms with van der Waals surface area (Å²) in [4.78, 5) is 23.6. The third kappa shape index (κ3) is 2.63. The van der Waals surface area contributed by atoms with Gasteiger partial charge in [-0.1, -0.05) is 6.07 Å². The first-order valence-corrected chi connectivity index (χ1v) is 7.45. The zero-order chi connectivity index (χ0) is 17.6. The maximum atomic E-state index is 14.1. The third-order valence-electron chi connectivity index (χ3n) is 4.01. The van der Waals surface area contributed by atoms with E-state index in [2.05, 4.69) is 5.32 Å². The number of rotatable bonds is 2. The van der Waals surface area contributed by atoms with E-state index in [0.717, 1.165) is 6.07 Å². The summed E-state index contributed by atoms with van der Waals surface area (Å²) in [6.07, 6.45) is 0. The monoisotopic (exact) mass is 343 g/mol. The molecule has 2 aromatic carbocycles. The van der Waals surface area contributed by atoms with Crippen LogP contribution in [-0.4, -0.2) is 25.1 Å². The SMILES string of the molecule is O=C1COc2ccc(C3=C(c4ccc(F)cc4F)C(=O)OC3)cc2N1. The van der Waals surface area contributed by atoms with Crippen molar-refractivity contribution >= 4 is 28.7 Å². The molecule has 0 atom stereocenters. The second-order valence-corrected chi connectivity index (χ2v) is 5.60. The molecule has 0 aromatic heterocycles. The average molecular weight is 343 g/mol. The smallest absolute Gasteiger partial charge is 0.339 e. The van der Waals surface area contributed by atoms with Gasteiger partial charge in [0.05, 0.1) is 11.3 Å². The van der Waals surface area contributed by atoms with Gasteiger partial charge < -0.3 is 14.8 Å². The molecule has 1 amide bonds. The van der Waals surface area contributed by atoms with Gasteiger partial charge in [-0.05, 0) is 29.8 Å². The van der Waals surface area contributed by atoms with Crippen LogP contribution in [0.5, 0.6) is 5.75 Å². The van der Waals surface area contributed by atoms with Crippen LogP contribution >= 0.6 is 0 Å². The number of esters is 1. The van der Waals surface area contributed by atoms with E-state index in [-0.39, 0.29) is 30.3 Å². The van der Waals surface area contributed by atoms with Gasteiger partial charge in [0.25, 0.3) is 5.91 Å². The first-order chi connectivity index (χ1) is 12.0. The van der Waals surface area contributed by atoms with E-state index in [4.69, 9.17) is 9.47 Å². The molecule has 0 fully saturated rings. The molecule has 2 heterocycles. The number of benzene rings is 2. The van der Waals surface area contributed by atoms with Crippen molar-refractivity contribution in [2.24, 2.45) is 0 Å². The predicted octanol–water partition coefficient (Wildman–Crippen LogP) is 2.76. The van der Waals surface area contributed by atoms with Crippen molar-refractivity contribution in [2.45, 2.75) is 0 Å². The summed E-state index contributed by atoms with van der Waals surface area (Å²) in [6, 6.07) is 7.97. The molecule has 0 unspecified atom stereocenters.